The van der Waals surface area contributed by atoms with E-state index < -0.39 is 0 Å². The molecule has 0 aromatic carbocycles. The Kier molecular flexibility index (Phi) is 5.94. The number of aryl methyl sites for hydroxylation is 1. The van der Waals surface area contributed by atoms with Gasteiger partial charge in [0.25, 0.3) is 0 Å². The third-order valence-corrected chi connectivity index (χ3v) is 3.75. The molecule has 0 saturated carbocycles. The fourth-order valence-electron chi connectivity index (χ4n) is 2.43. The first-order valence-electron chi connectivity index (χ1n) is 7.65. The minimum absolute atomic E-state index is 0.200. The lowest BCUT2D eigenvalue weighted by Gasteiger charge is -2.34. The molecule has 1 aromatic rings. The summed E-state index contributed by atoms with van der Waals surface area (Å²) in [7, 11) is 0. The molecule has 6 heteroatoms. The van der Waals surface area contributed by atoms with Crippen molar-refractivity contribution in [3.63, 3.8) is 0 Å². The van der Waals surface area contributed by atoms with E-state index in [1.165, 1.54) is 0 Å². The minimum Gasteiger partial charge on any atom is -0.392 e. The predicted molar refractivity (Wildman–Crippen MR) is 76.3 cm³/mol. The average Bonchev–Trinajstić information content (AvgIpc) is 2.88. The van der Waals surface area contributed by atoms with Crippen molar-refractivity contribution in [3.05, 3.63) is 11.7 Å². The van der Waals surface area contributed by atoms with Gasteiger partial charge in [-0.25, -0.2) is 0 Å². The molecule has 1 aliphatic heterocycles. The number of nitrogens with zero attached hydrogens (tertiary/aromatic N) is 4. The number of aliphatic hydroxyl groups is 1. The molecular formula is C14H26N4O2. The molecule has 1 atom stereocenters. The number of β-amino-alcohol motifs (C(OH)–C–C–N with tert-alkyl or cyclic N) is 1. The van der Waals surface area contributed by atoms with Gasteiger partial charge >= 0.3 is 0 Å². The molecular weight excluding hydrogens is 256 g/mol. The molecule has 1 saturated heterocycles. The summed E-state index contributed by atoms with van der Waals surface area (Å²) in [6.07, 6.45) is 2.54. The zero-order chi connectivity index (χ0) is 14.4. The normalized spacial score (nSPS) is 19.4. The van der Waals surface area contributed by atoms with Gasteiger partial charge in [0, 0.05) is 39.1 Å². The summed E-state index contributed by atoms with van der Waals surface area (Å²) in [6.45, 7) is 9.61. The highest BCUT2D eigenvalue weighted by Gasteiger charge is 2.20. The van der Waals surface area contributed by atoms with Crippen LogP contribution < -0.4 is 0 Å². The SMILES string of the molecule is CCCc1noc(CN2CCN(C[C@@H](O)CC)CC2)n1. The monoisotopic (exact) mass is 282 g/mol. The molecule has 0 bridgehead atoms. The van der Waals surface area contributed by atoms with Crippen molar-refractivity contribution in [2.24, 2.45) is 0 Å². The van der Waals surface area contributed by atoms with Gasteiger partial charge in [0.2, 0.25) is 5.89 Å². The van der Waals surface area contributed by atoms with E-state index in [0.29, 0.717) is 0 Å². The van der Waals surface area contributed by atoms with Gasteiger partial charge in [-0.1, -0.05) is 19.0 Å². The average molecular weight is 282 g/mol. The molecule has 1 fully saturated rings. The Bertz CT molecular complexity index is 388. The van der Waals surface area contributed by atoms with Crippen LogP contribution in [0.25, 0.3) is 0 Å². The molecule has 0 spiro atoms. The van der Waals surface area contributed by atoms with Crippen LogP contribution in [-0.4, -0.2) is 63.9 Å². The van der Waals surface area contributed by atoms with Crippen molar-refractivity contribution < 1.29 is 9.63 Å². The summed E-state index contributed by atoms with van der Waals surface area (Å²) >= 11 is 0. The van der Waals surface area contributed by atoms with Crippen LogP contribution in [0.2, 0.25) is 0 Å². The molecule has 0 aliphatic carbocycles. The number of rotatable bonds is 7. The second-order valence-corrected chi connectivity index (χ2v) is 5.49. The van der Waals surface area contributed by atoms with E-state index in [9.17, 15) is 5.11 Å². The molecule has 1 aliphatic rings. The first kappa shape index (κ1) is 15.4. The molecule has 2 heterocycles. The summed E-state index contributed by atoms with van der Waals surface area (Å²) < 4.78 is 5.27. The van der Waals surface area contributed by atoms with Crippen LogP contribution in [0.5, 0.6) is 0 Å². The van der Waals surface area contributed by atoms with Gasteiger partial charge in [0.05, 0.1) is 12.6 Å². The Morgan fingerprint density at radius 3 is 2.55 bits per heavy atom. The highest BCUT2D eigenvalue weighted by atomic mass is 16.5. The topological polar surface area (TPSA) is 65.6 Å². The van der Waals surface area contributed by atoms with Gasteiger partial charge in [-0.15, -0.1) is 0 Å². The van der Waals surface area contributed by atoms with E-state index in [4.69, 9.17) is 4.52 Å². The summed E-state index contributed by atoms with van der Waals surface area (Å²) in [5.41, 5.74) is 0. The minimum atomic E-state index is -0.200. The first-order chi connectivity index (χ1) is 9.71. The quantitative estimate of drug-likeness (QED) is 0.802. The standard InChI is InChI=1S/C14H26N4O2/c1-3-5-13-15-14(20-16-13)11-18-8-6-17(7-9-18)10-12(19)4-2/h12,19H,3-11H2,1-2H3/t12-/m0/s1. The fraction of sp³-hybridized carbons (Fsp3) is 0.857. The van der Waals surface area contributed by atoms with Gasteiger partial charge in [-0.3, -0.25) is 9.80 Å². The van der Waals surface area contributed by atoms with Crippen LogP contribution in [0.15, 0.2) is 4.52 Å². The summed E-state index contributed by atoms with van der Waals surface area (Å²) in [5, 5.41) is 13.7. The molecule has 1 aromatic heterocycles. The number of hydrogen-bond acceptors (Lipinski definition) is 6. The highest BCUT2D eigenvalue weighted by Crippen LogP contribution is 2.09. The Morgan fingerprint density at radius 2 is 1.90 bits per heavy atom. The van der Waals surface area contributed by atoms with Crippen LogP contribution in [0, 0.1) is 0 Å². The third kappa shape index (κ3) is 4.54. The van der Waals surface area contributed by atoms with Gasteiger partial charge in [-0.05, 0) is 12.8 Å². The fourth-order valence-corrected chi connectivity index (χ4v) is 2.43. The molecule has 2 rings (SSSR count). The van der Waals surface area contributed by atoms with E-state index in [-0.39, 0.29) is 6.10 Å². The van der Waals surface area contributed by atoms with Crippen molar-refractivity contribution >= 4 is 0 Å². The van der Waals surface area contributed by atoms with E-state index in [2.05, 4.69) is 26.9 Å². The van der Waals surface area contributed by atoms with E-state index in [1.54, 1.807) is 0 Å². The van der Waals surface area contributed by atoms with Gasteiger partial charge in [0.1, 0.15) is 0 Å². The van der Waals surface area contributed by atoms with Crippen molar-refractivity contribution in [3.8, 4) is 0 Å². The summed E-state index contributed by atoms with van der Waals surface area (Å²) in [6, 6.07) is 0. The molecule has 0 radical (unpaired) electrons. The Hall–Kier alpha value is -0.980. The van der Waals surface area contributed by atoms with Crippen LogP contribution in [-0.2, 0) is 13.0 Å². The lowest BCUT2D eigenvalue weighted by molar-refractivity contribution is 0.0651. The molecule has 0 unspecified atom stereocenters. The van der Waals surface area contributed by atoms with E-state index in [0.717, 1.165) is 70.2 Å². The number of aromatic nitrogens is 2. The lowest BCUT2D eigenvalue weighted by atomic mass is 10.2. The van der Waals surface area contributed by atoms with E-state index in [1.807, 2.05) is 6.92 Å². The molecule has 6 nitrogen and oxygen atoms in total. The zero-order valence-electron chi connectivity index (χ0n) is 12.6. The number of piperazine rings is 1. The lowest BCUT2D eigenvalue weighted by Crippen LogP contribution is -2.48. The van der Waals surface area contributed by atoms with Crippen molar-refractivity contribution in [2.75, 3.05) is 32.7 Å². The van der Waals surface area contributed by atoms with Crippen molar-refractivity contribution in [1.29, 1.82) is 0 Å². The highest BCUT2D eigenvalue weighted by molar-refractivity contribution is 4.87. The van der Waals surface area contributed by atoms with E-state index >= 15 is 0 Å². The van der Waals surface area contributed by atoms with Crippen molar-refractivity contribution in [1.82, 2.24) is 19.9 Å². The molecule has 114 valence electrons. The molecule has 0 amide bonds. The maximum Gasteiger partial charge on any atom is 0.240 e. The van der Waals surface area contributed by atoms with Crippen LogP contribution in [0.4, 0.5) is 0 Å². The second-order valence-electron chi connectivity index (χ2n) is 5.49. The Labute approximate surface area is 120 Å². The molecule has 20 heavy (non-hydrogen) atoms. The van der Waals surface area contributed by atoms with Gasteiger partial charge in [-0.2, -0.15) is 4.98 Å². The predicted octanol–water partition coefficient (Wildman–Crippen LogP) is 0.911. The van der Waals surface area contributed by atoms with Crippen LogP contribution in [0.1, 0.15) is 38.4 Å². The second kappa shape index (κ2) is 7.71. The maximum absolute atomic E-state index is 9.68. The van der Waals surface area contributed by atoms with Gasteiger partial charge in [0.15, 0.2) is 5.82 Å². The van der Waals surface area contributed by atoms with Crippen molar-refractivity contribution in [2.45, 2.75) is 45.8 Å². The largest absolute Gasteiger partial charge is 0.392 e. The number of hydrogen-bond donors (Lipinski definition) is 1. The zero-order valence-corrected chi connectivity index (χ0v) is 12.6. The Morgan fingerprint density at radius 1 is 1.20 bits per heavy atom. The first-order valence-corrected chi connectivity index (χ1v) is 7.65. The Balaban J connectivity index is 1.73. The molecule has 1 N–H and O–H groups in total. The summed E-state index contributed by atoms with van der Waals surface area (Å²) in [4.78, 5) is 9.05. The third-order valence-electron chi connectivity index (χ3n) is 3.75. The maximum atomic E-state index is 9.68. The smallest absolute Gasteiger partial charge is 0.240 e. The summed E-state index contributed by atoms with van der Waals surface area (Å²) in [5.74, 6) is 1.53. The van der Waals surface area contributed by atoms with Crippen LogP contribution >= 0.6 is 0 Å². The van der Waals surface area contributed by atoms with Crippen LogP contribution in [0.3, 0.4) is 0 Å². The number of aliphatic hydroxyl groups excluding tert-OH is 1. The van der Waals surface area contributed by atoms with Gasteiger partial charge < -0.3 is 9.63 Å².